The number of rotatable bonds is 2. The topological polar surface area (TPSA) is 30.0 Å². The van der Waals surface area contributed by atoms with E-state index in [1.807, 2.05) is 0 Å². The van der Waals surface area contributed by atoms with Crippen molar-refractivity contribution in [1.82, 2.24) is 4.98 Å². The molecular formula is C13H9ClFNO. The van der Waals surface area contributed by atoms with Gasteiger partial charge in [-0.2, -0.15) is 0 Å². The first kappa shape index (κ1) is 11.7. The van der Waals surface area contributed by atoms with E-state index < -0.39 is 5.82 Å². The van der Waals surface area contributed by atoms with Crippen molar-refractivity contribution in [2.75, 3.05) is 0 Å². The lowest BCUT2D eigenvalue weighted by molar-refractivity contribution is 0.103. The molecule has 0 saturated heterocycles. The molecule has 4 heteroatoms. The number of nitrogens with zero attached hydrogens (tertiary/aromatic N) is 1. The van der Waals surface area contributed by atoms with Crippen LogP contribution < -0.4 is 0 Å². The number of hydrogen-bond acceptors (Lipinski definition) is 2. The monoisotopic (exact) mass is 249 g/mol. The fourth-order valence-corrected chi connectivity index (χ4v) is 1.80. The van der Waals surface area contributed by atoms with E-state index in [-0.39, 0.29) is 11.3 Å². The van der Waals surface area contributed by atoms with Crippen molar-refractivity contribution in [1.29, 1.82) is 0 Å². The van der Waals surface area contributed by atoms with Crippen LogP contribution in [-0.2, 0) is 0 Å². The number of pyridine rings is 1. The van der Waals surface area contributed by atoms with Crippen LogP contribution in [0.15, 0.2) is 36.7 Å². The van der Waals surface area contributed by atoms with Crippen LogP contribution in [0.5, 0.6) is 0 Å². The van der Waals surface area contributed by atoms with Crippen LogP contribution in [-0.4, -0.2) is 10.8 Å². The molecule has 0 atom stereocenters. The third-order valence-corrected chi connectivity index (χ3v) is 2.64. The summed E-state index contributed by atoms with van der Waals surface area (Å²) in [4.78, 5) is 15.7. The van der Waals surface area contributed by atoms with Crippen molar-refractivity contribution in [2.24, 2.45) is 0 Å². The zero-order chi connectivity index (χ0) is 12.4. The van der Waals surface area contributed by atoms with Gasteiger partial charge in [0.15, 0.2) is 5.78 Å². The lowest BCUT2D eigenvalue weighted by atomic mass is 10.0. The first-order chi connectivity index (χ1) is 8.08. The van der Waals surface area contributed by atoms with Gasteiger partial charge >= 0.3 is 0 Å². The molecule has 0 radical (unpaired) electrons. The summed E-state index contributed by atoms with van der Waals surface area (Å²) in [5.41, 5.74) is 1.49. The van der Waals surface area contributed by atoms with Gasteiger partial charge in [-0.05, 0) is 36.8 Å². The summed E-state index contributed by atoms with van der Waals surface area (Å²) in [7, 11) is 0. The highest BCUT2D eigenvalue weighted by molar-refractivity contribution is 6.30. The first-order valence-corrected chi connectivity index (χ1v) is 5.37. The average molecular weight is 250 g/mol. The molecule has 0 fully saturated rings. The summed E-state index contributed by atoms with van der Waals surface area (Å²) in [5.74, 6) is -0.784. The molecule has 0 bridgehead atoms. The van der Waals surface area contributed by atoms with Crippen LogP contribution in [0, 0.1) is 12.7 Å². The van der Waals surface area contributed by atoms with Crippen LogP contribution in [0.2, 0.25) is 5.02 Å². The lowest BCUT2D eigenvalue weighted by Gasteiger charge is -2.05. The Bertz CT molecular complexity index is 583. The summed E-state index contributed by atoms with van der Waals surface area (Å²) >= 11 is 5.81. The number of hydrogen-bond donors (Lipinski definition) is 0. The minimum absolute atomic E-state index is 0.232. The van der Waals surface area contributed by atoms with Crippen LogP contribution in [0.4, 0.5) is 4.39 Å². The summed E-state index contributed by atoms with van der Waals surface area (Å²) in [6.45, 7) is 1.78. The van der Waals surface area contributed by atoms with E-state index in [0.717, 1.165) is 11.8 Å². The Morgan fingerprint density at radius 1 is 1.29 bits per heavy atom. The van der Waals surface area contributed by atoms with Gasteiger partial charge in [0.1, 0.15) is 5.82 Å². The van der Waals surface area contributed by atoms with Gasteiger partial charge in [-0.3, -0.25) is 9.78 Å². The Kier molecular flexibility index (Phi) is 3.20. The van der Waals surface area contributed by atoms with Gasteiger partial charge in [0.05, 0.1) is 6.20 Å². The fourth-order valence-electron chi connectivity index (χ4n) is 1.57. The average Bonchev–Trinajstić information content (AvgIpc) is 2.28. The van der Waals surface area contributed by atoms with Crippen LogP contribution in [0.1, 0.15) is 21.5 Å². The zero-order valence-electron chi connectivity index (χ0n) is 9.08. The van der Waals surface area contributed by atoms with Crippen LogP contribution in [0.3, 0.4) is 0 Å². The number of benzene rings is 1. The van der Waals surface area contributed by atoms with Crippen molar-refractivity contribution < 1.29 is 9.18 Å². The van der Waals surface area contributed by atoms with E-state index >= 15 is 0 Å². The van der Waals surface area contributed by atoms with E-state index in [9.17, 15) is 9.18 Å². The molecule has 2 nitrogen and oxygen atoms in total. The minimum Gasteiger partial charge on any atom is -0.289 e. The van der Waals surface area contributed by atoms with E-state index in [1.54, 1.807) is 25.1 Å². The van der Waals surface area contributed by atoms with Crippen molar-refractivity contribution in [3.05, 3.63) is 64.2 Å². The van der Waals surface area contributed by atoms with Gasteiger partial charge in [0, 0.05) is 22.3 Å². The second kappa shape index (κ2) is 4.63. The molecule has 0 aliphatic rings. The largest absolute Gasteiger partial charge is 0.289 e. The second-order valence-corrected chi connectivity index (χ2v) is 4.12. The first-order valence-electron chi connectivity index (χ1n) is 4.99. The Hall–Kier alpha value is -1.74. The van der Waals surface area contributed by atoms with Gasteiger partial charge in [-0.15, -0.1) is 0 Å². The number of aryl methyl sites for hydroxylation is 1. The molecule has 1 heterocycles. The quantitative estimate of drug-likeness (QED) is 0.764. The van der Waals surface area contributed by atoms with Crippen LogP contribution >= 0.6 is 11.6 Å². The molecule has 0 spiro atoms. The summed E-state index contributed by atoms with van der Waals surface area (Å²) in [5, 5.41) is 0.566. The molecule has 0 N–H and O–H groups in total. The SMILES string of the molecule is Cc1cc(Cl)ccc1C(=O)c1cncc(F)c1. The minimum atomic E-state index is -0.525. The molecule has 1 aromatic carbocycles. The third-order valence-electron chi connectivity index (χ3n) is 2.40. The van der Waals surface area contributed by atoms with Gasteiger partial charge < -0.3 is 0 Å². The van der Waals surface area contributed by atoms with E-state index in [0.29, 0.717) is 10.6 Å². The van der Waals surface area contributed by atoms with E-state index in [4.69, 9.17) is 11.6 Å². The third kappa shape index (κ3) is 2.50. The fraction of sp³-hybridized carbons (Fsp3) is 0.0769. The molecule has 2 aromatic rings. The Morgan fingerprint density at radius 3 is 2.71 bits per heavy atom. The molecule has 0 saturated carbocycles. The Labute approximate surface area is 103 Å². The molecule has 1 aromatic heterocycles. The second-order valence-electron chi connectivity index (χ2n) is 3.68. The van der Waals surface area contributed by atoms with E-state index in [2.05, 4.69) is 4.98 Å². The van der Waals surface area contributed by atoms with Crippen molar-refractivity contribution in [3.63, 3.8) is 0 Å². The van der Waals surface area contributed by atoms with Gasteiger partial charge in [-0.1, -0.05) is 11.6 Å². The Balaban J connectivity index is 2.44. The van der Waals surface area contributed by atoms with Crippen molar-refractivity contribution in [2.45, 2.75) is 6.92 Å². The van der Waals surface area contributed by atoms with Gasteiger partial charge in [0.2, 0.25) is 0 Å². The highest BCUT2D eigenvalue weighted by Gasteiger charge is 2.12. The smallest absolute Gasteiger partial charge is 0.194 e. The summed E-state index contributed by atoms with van der Waals surface area (Å²) in [6, 6.07) is 6.13. The number of carbonyl (C=O) groups excluding carboxylic acids is 1. The normalized spacial score (nSPS) is 10.3. The molecule has 86 valence electrons. The molecule has 0 unspecified atom stereocenters. The standard InChI is InChI=1S/C13H9ClFNO/c1-8-4-10(14)2-3-12(8)13(17)9-5-11(15)7-16-6-9/h2-7H,1H3. The number of aromatic nitrogens is 1. The maximum absolute atomic E-state index is 13.0. The maximum atomic E-state index is 13.0. The van der Waals surface area contributed by atoms with Gasteiger partial charge in [-0.25, -0.2) is 4.39 Å². The highest BCUT2D eigenvalue weighted by atomic mass is 35.5. The Morgan fingerprint density at radius 2 is 2.06 bits per heavy atom. The number of halogens is 2. The van der Waals surface area contributed by atoms with Gasteiger partial charge in [0.25, 0.3) is 0 Å². The predicted molar refractivity (Wildman–Crippen MR) is 63.8 cm³/mol. The van der Waals surface area contributed by atoms with Crippen molar-refractivity contribution >= 4 is 17.4 Å². The number of carbonyl (C=O) groups is 1. The maximum Gasteiger partial charge on any atom is 0.194 e. The van der Waals surface area contributed by atoms with Crippen LogP contribution in [0.25, 0.3) is 0 Å². The molecule has 0 amide bonds. The van der Waals surface area contributed by atoms with Crippen molar-refractivity contribution in [3.8, 4) is 0 Å². The summed E-state index contributed by atoms with van der Waals surface area (Å²) in [6.07, 6.45) is 2.41. The molecule has 0 aliphatic carbocycles. The van der Waals surface area contributed by atoms with E-state index in [1.165, 1.54) is 12.3 Å². The lowest BCUT2D eigenvalue weighted by Crippen LogP contribution is -2.04. The predicted octanol–water partition coefficient (Wildman–Crippen LogP) is 3.41. The summed E-state index contributed by atoms with van der Waals surface area (Å²) < 4.78 is 13.0. The molecule has 0 aliphatic heterocycles. The molecular weight excluding hydrogens is 241 g/mol. The molecule has 2 rings (SSSR count). The zero-order valence-corrected chi connectivity index (χ0v) is 9.83. The number of ketones is 1. The highest BCUT2D eigenvalue weighted by Crippen LogP contribution is 2.18. The molecule has 17 heavy (non-hydrogen) atoms.